The molecule has 0 saturated carbocycles. The summed E-state index contributed by atoms with van der Waals surface area (Å²) in [6.45, 7) is -0.618. The molecule has 0 aromatic heterocycles. The van der Waals surface area contributed by atoms with Crippen molar-refractivity contribution in [2.24, 2.45) is 0 Å². The van der Waals surface area contributed by atoms with E-state index in [1.807, 2.05) is 0 Å². The number of anilines is 1. The van der Waals surface area contributed by atoms with Crippen LogP contribution in [-0.4, -0.2) is 50.5 Å². The van der Waals surface area contributed by atoms with Crippen LogP contribution in [0.25, 0.3) is 0 Å². The molecule has 0 radical (unpaired) electrons. The lowest BCUT2D eigenvalue weighted by molar-refractivity contribution is -0.385. The van der Waals surface area contributed by atoms with Gasteiger partial charge in [-0.1, -0.05) is 0 Å². The van der Waals surface area contributed by atoms with Crippen molar-refractivity contribution in [2.75, 3.05) is 32.8 Å². The molecular weight excluding hydrogens is 396 g/mol. The SMILES string of the molecule is COc1cc(C(=O)OCC(=O)c2ccc3c(c2)CC(=O)N3C)c([N+](=O)[O-])cc1OC. The van der Waals surface area contributed by atoms with E-state index in [1.165, 1.54) is 25.2 Å². The normalized spacial score (nSPS) is 12.4. The minimum atomic E-state index is -1.05. The van der Waals surface area contributed by atoms with Gasteiger partial charge < -0.3 is 19.1 Å². The second-order valence-corrected chi connectivity index (χ2v) is 6.45. The Morgan fingerprint density at radius 2 is 1.80 bits per heavy atom. The average molecular weight is 414 g/mol. The zero-order valence-electron chi connectivity index (χ0n) is 16.5. The van der Waals surface area contributed by atoms with Crippen molar-refractivity contribution in [3.8, 4) is 11.5 Å². The molecule has 1 aliphatic heterocycles. The Morgan fingerprint density at radius 3 is 2.43 bits per heavy atom. The molecule has 3 rings (SSSR count). The molecule has 0 saturated heterocycles. The number of methoxy groups -OCH3 is 2. The third-order valence-electron chi connectivity index (χ3n) is 4.73. The molecule has 1 amide bonds. The average Bonchev–Trinajstić information content (AvgIpc) is 3.03. The molecule has 2 aromatic rings. The molecule has 1 aliphatic rings. The van der Waals surface area contributed by atoms with Crippen LogP contribution in [0.5, 0.6) is 11.5 Å². The standard InChI is InChI=1S/C20H18N2O8/c1-21-14-5-4-11(6-12(14)7-19(21)24)16(23)10-30-20(25)13-8-17(28-2)18(29-3)9-15(13)22(26)27/h4-6,8-9H,7,10H2,1-3H3. The Kier molecular flexibility index (Phi) is 5.67. The van der Waals surface area contributed by atoms with Gasteiger partial charge in [-0.25, -0.2) is 4.79 Å². The largest absolute Gasteiger partial charge is 0.493 e. The third kappa shape index (κ3) is 3.79. The minimum absolute atomic E-state index is 0.0782. The summed E-state index contributed by atoms with van der Waals surface area (Å²) < 4.78 is 15.1. The maximum absolute atomic E-state index is 12.4. The van der Waals surface area contributed by atoms with Gasteiger partial charge in [0.2, 0.25) is 5.91 Å². The zero-order chi connectivity index (χ0) is 22.0. The van der Waals surface area contributed by atoms with Gasteiger partial charge in [0.05, 0.1) is 31.6 Å². The predicted octanol–water partition coefficient (Wildman–Crippen LogP) is 2.17. The van der Waals surface area contributed by atoms with Gasteiger partial charge in [0, 0.05) is 24.4 Å². The lowest BCUT2D eigenvalue weighted by Crippen LogP contribution is -2.20. The highest BCUT2D eigenvalue weighted by atomic mass is 16.6. The van der Waals surface area contributed by atoms with E-state index < -0.39 is 29.0 Å². The van der Waals surface area contributed by atoms with Gasteiger partial charge in [0.1, 0.15) is 5.56 Å². The fraction of sp³-hybridized carbons (Fsp3) is 0.250. The van der Waals surface area contributed by atoms with E-state index in [2.05, 4.69) is 0 Å². The summed E-state index contributed by atoms with van der Waals surface area (Å²) >= 11 is 0. The molecular formula is C20H18N2O8. The molecule has 10 heteroatoms. The van der Waals surface area contributed by atoms with Crippen LogP contribution in [0.2, 0.25) is 0 Å². The second kappa shape index (κ2) is 8.19. The van der Waals surface area contributed by atoms with E-state index in [1.54, 1.807) is 19.2 Å². The number of rotatable bonds is 7. The van der Waals surface area contributed by atoms with E-state index in [0.717, 1.165) is 17.8 Å². The van der Waals surface area contributed by atoms with E-state index in [9.17, 15) is 24.5 Å². The lowest BCUT2D eigenvalue weighted by Gasteiger charge is -2.11. The fourth-order valence-electron chi connectivity index (χ4n) is 3.12. The van der Waals surface area contributed by atoms with Gasteiger partial charge in [-0.3, -0.25) is 19.7 Å². The van der Waals surface area contributed by atoms with Crippen molar-refractivity contribution >= 4 is 29.0 Å². The maximum atomic E-state index is 12.4. The van der Waals surface area contributed by atoms with Crippen LogP contribution in [0, 0.1) is 10.1 Å². The summed E-state index contributed by atoms with van der Waals surface area (Å²) in [6.07, 6.45) is 0.185. The molecule has 10 nitrogen and oxygen atoms in total. The summed E-state index contributed by atoms with van der Waals surface area (Å²) in [7, 11) is 4.27. The van der Waals surface area contributed by atoms with Gasteiger partial charge in [-0.15, -0.1) is 0 Å². The van der Waals surface area contributed by atoms with Crippen molar-refractivity contribution in [3.05, 3.63) is 57.1 Å². The number of benzene rings is 2. The Morgan fingerprint density at radius 1 is 1.13 bits per heavy atom. The molecule has 0 N–H and O–H groups in total. The van der Waals surface area contributed by atoms with Crippen molar-refractivity contribution in [1.82, 2.24) is 0 Å². The predicted molar refractivity (Wildman–Crippen MR) is 104 cm³/mol. The fourth-order valence-corrected chi connectivity index (χ4v) is 3.12. The zero-order valence-corrected chi connectivity index (χ0v) is 16.5. The highest BCUT2D eigenvalue weighted by Gasteiger charge is 2.27. The molecule has 156 valence electrons. The number of ketones is 1. The lowest BCUT2D eigenvalue weighted by atomic mass is 10.1. The Labute approximate surface area is 171 Å². The van der Waals surface area contributed by atoms with Crippen LogP contribution in [0.4, 0.5) is 11.4 Å². The molecule has 0 unspecified atom stereocenters. The van der Waals surface area contributed by atoms with Crippen molar-refractivity contribution < 1.29 is 33.5 Å². The molecule has 0 fully saturated rings. The van der Waals surface area contributed by atoms with Gasteiger partial charge in [0.15, 0.2) is 23.9 Å². The molecule has 0 atom stereocenters. The summed E-state index contributed by atoms with van der Waals surface area (Å²) in [6, 6.07) is 6.93. The third-order valence-corrected chi connectivity index (χ3v) is 4.73. The van der Waals surface area contributed by atoms with E-state index in [0.29, 0.717) is 5.56 Å². The van der Waals surface area contributed by atoms with Crippen LogP contribution in [0.3, 0.4) is 0 Å². The Balaban J connectivity index is 1.77. The quantitative estimate of drug-likeness (QED) is 0.292. The first-order valence-corrected chi connectivity index (χ1v) is 8.77. The molecule has 1 heterocycles. The first-order chi connectivity index (χ1) is 14.3. The number of likely N-dealkylation sites (N-methyl/N-ethyl adjacent to an activating group) is 1. The molecule has 30 heavy (non-hydrogen) atoms. The van der Waals surface area contributed by atoms with Crippen LogP contribution in [-0.2, 0) is 16.0 Å². The van der Waals surface area contributed by atoms with E-state index in [4.69, 9.17) is 14.2 Å². The van der Waals surface area contributed by atoms with Crippen LogP contribution >= 0.6 is 0 Å². The highest BCUT2D eigenvalue weighted by Crippen LogP contribution is 2.35. The number of nitro groups is 1. The van der Waals surface area contributed by atoms with Gasteiger partial charge in [0.25, 0.3) is 5.69 Å². The summed E-state index contributed by atoms with van der Waals surface area (Å²) in [5.41, 5.74) is 0.784. The molecule has 0 spiro atoms. The second-order valence-electron chi connectivity index (χ2n) is 6.45. The first kappa shape index (κ1) is 20.8. The number of nitro benzene ring substituents is 1. The number of carbonyl (C=O) groups is 3. The maximum Gasteiger partial charge on any atom is 0.345 e. The number of fused-ring (bicyclic) bond motifs is 1. The van der Waals surface area contributed by atoms with Gasteiger partial charge in [-0.05, 0) is 23.8 Å². The number of hydrogen-bond donors (Lipinski definition) is 0. The number of esters is 1. The van der Waals surface area contributed by atoms with Crippen molar-refractivity contribution in [3.63, 3.8) is 0 Å². The van der Waals surface area contributed by atoms with Crippen molar-refractivity contribution in [1.29, 1.82) is 0 Å². The van der Waals surface area contributed by atoms with E-state index >= 15 is 0 Å². The summed E-state index contributed by atoms with van der Waals surface area (Å²) in [5.74, 6) is -1.45. The van der Waals surface area contributed by atoms with Gasteiger partial charge >= 0.3 is 5.97 Å². The monoisotopic (exact) mass is 414 g/mol. The van der Waals surface area contributed by atoms with Crippen molar-refractivity contribution in [2.45, 2.75) is 6.42 Å². The number of hydrogen-bond acceptors (Lipinski definition) is 8. The van der Waals surface area contributed by atoms with Crippen LogP contribution < -0.4 is 14.4 Å². The summed E-state index contributed by atoms with van der Waals surface area (Å²) in [5, 5.41) is 11.3. The van der Waals surface area contributed by atoms with Crippen LogP contribution in [0.15, 0.2) is 30.3 Å². The topological polar surface area (TPSA) is 125 Å². The summed E-state index contributed by atoms with van der Waals surface area (Å²) in [4.78, 5) is 48.7. The number of amides is 1. The minimum Gasteiger partial charge on any atom is -0.493 e. The van der Waals surface area contributed by atoms with E-state index in [-0.39, 0.29) is 35.0 Å². The molecule has 0 bridgehead atoms. The number of carbonyl (C=O) groups excluding carboxylic acids is 3. The Hall–Kier alpha value is -3.95. The molecule has 2 aromatic carbocycles. The van der Waals surface area contributed by atoms with Gasteiger partial charge in [-0.2, -0.15) is 0 Å². The first-order valence-electron chi connectivity index (χ1n) is 8.77. The molecule has 0 aliphatic carbocycles. The number of Topliss-reactive ketones (excluding diaryl/α,β-unsaturated/α-hetero) is 1. The Bertz CT molecular complexity index is 1060. The number of nitrogens with zero attached hydrogens (tertiary/aromatic N) is 2. The van der Waals surface area contributed by atoms with Crippen LogP contribution in [0.1, 0.15) is 26.3 Å². The highest BCUT2D eigenvalue weighted by molar-refractivity contribution is 6.04. The number of ether oxygens (including phenoxy) is 3. The smallest absolute Gasteiger partial charge is 0.345 e.